The summed E-state index contributed by atoms with van der Waals surface area (Å²) in [6.07, 6.45) is 4.21. The zero-order valence-electron chi connectivity index (χ0n) is 11.9. The predicted molar refractivity (Wildman–Crippen MR) is 84.8 cm³/mol. The van der Waals surface area contributed by atoms with Crippen molar-refractivity contribution in [2.24, 2.45) is 5.73 Å². The van der Waals surface area contributed by atoms with Crippen molar-refractivity contribution in [2.75, 3.05) is 12.0 Å². The van der Waals surface area contributed by atoms with Gasteiger partial charge in [0, 0.05) is 5.56 Å². The van der Waals surface area contributed by atoms with Crippen LogP contribution in [-0.4, -0.2) is 28.9 Å². The van der Waals surface area contributed by atoms with Crippen molar-refractivity contribution in [1.29, 1.82) is 0 Å². The first kappa shape index (κ1) is 15.6. The molecule has 3 N–H and O–H groups in total. The number of oxazole rings is 1. The molecule has 0 fully saturated rings. The molecule has 1 amide bonds. The Morgan fingerprint density at radius 2 is 2.19 bits per heavy atom. The number of rotatable bonds is 7. The van der Waals surface area contributed by atoms with Gasteiger partial charge in [-0.15, -0.1) is 0 Å². The lowest BCUT2D eigenvalue weighted by Crippen LogP contribution is -2.40. The van der Waals surface area contributed by atoms with Gasteiger partial charge in [-0.1, -0.05) is 18.2 Å². The summed E-state index contributed by atoms with van der Waals surface area (Å²) < 4.78 is 5.41. The van der Waals surface area contributed by atoms with Gasteiger partial charge in [0.1, 0.15) is 6.26 Å². The van der Waals surface area contributed by atoms with Crippen LogP contribution >= 0.6 is 11.8 Å². The maximum atomic E-state index is 11.8. The lowest BCUT2D eigenvalue weighted by atomic mass is 10.2. The highest BCUT2D eigenvalue weighted by Crippen LogP contribution is 2.17. The van der Waals surface area contributed by atoms with Gasteiger partial charge in [-0.3, -0.25) is 4.79 Å². The molecule has 0 spiro atoms. The summed E-state index contributed by atoms with van der Waals surface area (Å²) in [4.78, 5) is 16.1. The minimum Gasteiger partial charge on any atom is -0.444 e. The Labute approximate surface area is 128 Å². The largest absolute Gasteiger partial charge is 0.444 e. The van der Waals surface area contributed by atoms with Crippen molar-refractivity contribution in [3.63, 3.8) is 0 Å². The van der Waals surface area contributed by atoms with E-state index in [9.17, 15) is 4.79 Å². The summed E-state index contributed by atoms with van der Waals surface area (Å²) in [6, 6.07) is 9.15. The summed E-state index contributed by atoms with van der Waals surface area (Å²) in [5.41, 5.74) is 7.38. The van der Waals surface area contributed by atoms with Gasteiger partial charge in [-0.05, 0) is 30.6 Å². The Morgan fingerprint density at radius 3 is 2.90 bits per heavy atom. The van der Waals surface area contributed by atoms with Crippen molar-refractivity contribution in [3.05, 3.63) is 42.3 Å². The first-order valence-corrected chi connectivity index (χ1v) is 8.12. The van der Waals surface area contributed by atoms with Gasteiger partial charge in [-0.25, -0.2) is 4.98 Å². The maximum absolute atomic E-state index is 11.8. The molecule has 6 heteroatoms. The SMILES string of the molecule is CSCC[C@H](N)C(=O)NCc1coc(-c2ccccc2)n1. The number of carbonyl (C=O) groups excluding carboxylic acids is 1. The average Bonchev–Trinajstić information content (AvgIpc) is 3.00. The van der Waals surface area contributed by atoms with Crippen LogP contribution in [0.1, 0.15) is 12.1 Å². The second-order valence-electron chi connectivity index (χ2n) is 4.62. The number of nitrogens with two attached hydrogens (primary N) is 1. The van der Waals surface area contributed by atoms with E-state index in [1.54, 1.807) is 18.0 Å². The van der Waals surface area contributed by atoms with Gasteiger partial charge >= 0.3 is 0 Å². The van der Waals surface area contributed by atoms with Crippen LogP contribution in [0.15, 0.2) is 41.0 Å². The van der Waals surface area contributed by atoms with E-state index in [0.29, 0.717) is 24.6 Å². The standard InChI is InChI=1S/C15H19N3O2S/c1-21-8-7-13(16)14(19)17-9-12-10-20-15(18-12)11-5-3-2-4-6-11/h2-6,10,13H,7-9,16H2,1H3,(H,17,19)/t13-/m0/s1. The molecule has 0 unspecified atom stereocenters. The van der Waals surface area contributed by atoms with Gasteiger partial charge in [-0.2, -0.15) is 11.8 Å². The van der Waals surface area contributed by atoms with Crippen molar-refractivity contribution in [2.45, 2.75) is 19.0 Å². The van der Waals surface area contributed by atoms with Crippen LogP contribution in [0, 0.1) is 0 Å². The highest BCUT2D eigenvalue weighted by Gasteiger charge is 2.13. The molecule has 1 aromatic heterocycles. The molecule has 21 heavy (non-hydrogen) atoms. The molecule has 0 aliphatic rings. The van der Waals surface area contributed by atoms with Gasteiger partial charge in [0.15, 0.2) is 0 Å². The topological polar surface area (TPSA) is 81.2 Å². The summed E-state index contributed by atoms with van der Waals surface area (Å²) in [5, 5.41) is 2.78. The third-order valence-corrected chi connectivity index (χ3v) is 3.63. The van der Waals surface area contributed by atoms with Gasteiger partial charge < -0.3 is 15.5 Å². The van der Waals surface area contributed by atoms with Crippen molar-refractivity contribution >= 4 is 17.7 Å². The first-order valence-electron chi connectivity index (χ1n) is 6.72. The Morgan fingerprint density at radius 1 is 1.43 bits per heavy atom. The Bertz CT molecular complexity index is 571. The Kier molecular flexibility index (Phi) is 5.83. The fourth-order valence-electron chi connectivity index (χ4n) is 1.79. The summed E-state index contributed by atoms with van der Waals surface area (Å²) in [5.74, 6) is 1.26. The number of amides is 1. The van der Waals surface area contributed by atoms with E-state index in [2.05, 4.69) is 10.3 Å². The second-order valence-corrected chi connectivity index (χ2v) is 5.60. The van der Waals surface area contributed by atoms with Crippen molar-refractivity contribution in [3.8, 4) is 11.5 Å². The maximum Gasteiger partial charge on any atom is 0.237 e. The highest BCUT2D eigenvalue weighted by atomic mass is 32.2. The van der Waals surface area contributed by atoms with E-state index in [1.807, 2.05) is 36.6 Å². The number of carbonyl (C=O) groups is 1. The molecule has 2 rings (SSSR count). The van der Waals surface area contributed by atoms with Crippen LogP contribution in [0.25, 0.3) is 11.5 Å². The molecule has 0 aliphatic heterocycles. The number of hydrogen-bond donors (Lipinski definition) is 2. The summed E-state index contributed by atoms with van der Waals surface area (Å²) in [7, 11) is 0. The van der Waals surface area contributed by atoms with Crippen LogP contribution in [-0.2, 0) is 11.3 Å². The Balaban J connectivity index is 1.87. The molecule has 2 aromatic rings. The van der Waals surface area contributed by atoms with Crippen LogP contribution in [0.3, 0.4) is 0 Å². The van der Waals surface area contributed by atoms with Gasteiger partial charge in [0.2, 0.25) is 11.8 Å². The van der Waals surface area contributed by atoms with Crippen LogP contribution in [0.5, 0.6) is 0 Å². The van der Waals surface area contributed by atoms with Crippen LogP contribution in [0.4, 0.5) is 0 Å². The van der Waals surface area contributed by atoms with Crippen molar-refractivity contribution in [1.82, 2.24) is 10.3 Å². The average molecular weight is 305 g/mol. The fraction of sp³-hybridized carbons (Fsp3) is 0.333. The highest BCUT2D eigenvalue weighted by molar-refractivity contribution is 7.98. The van der Waals surface area contributed by atoms with Gasteiger partial charge in [0.05, 0.1) is 18.3 Å². The first-order chi connectivity index (χ1) is 10.2. The molecule has 0 saturated heterocycles. The third kappa shape index (κ3) is 4.61. The monoisotopic (exact) mass is 305 g/mol. The summed E-state index contributed by atoms with van der Waals surface area (Å²) in [6.45, 7) is 0.322. The predicted octanol–water partition coefficient (Wildman–Crippen LogP) is 2.04. The lowest BCUT2D eigenvalue weighted by molar-refractivity contribution is -0.122. The third-order valence-electron chi connectivity index (χ3n) is 2.99. The number of nitrogens with zero attached hydrogens (tertiary/aromatic N) is 1. The quantitative estimate of drug-likeness (QED) is 0.818. The molecular weight excluding hydrogens is 286 g/mol. The smallest absolute Gasteiger partial charge is 0.237 e. The zero-order valence-corrected chi connectivity index (χ0v) is 12.7. The van der Waals surface area contributed by atoms with E-state index < -0.39 is 6.04 Å². The van der Waals surface area contributed by atoms with Crippen molar-refractivity contribution < 1.29 is 9.21 Å². The summed E-state index contributed by atoms with van der Waals surface area (Å²) >= 11 is 1.68. The molecule has 1 atom stereocenters. The normalized spacial score (nSPS) is 12.1. The molecule has 0 bridgehead atoms. The molecule has 0 saturated carbocycles. The van der Waals surface area contributed by atoms with Crippen LogP contribution in [0.2, 0.25) is 0 Å². The molecule has 1 heterocycles. The fourth-order valence-corrected chi connectivity index (χ4v) is 2.28. The van der Waals surface area contributed by atoms with E-state index in [0.717, 1.165) is 11.3 Å². The molecule has 5 nitrogen and oxygen atoms in total. The van der Waals surface area contributed by atoms with E-state index in [-0.39, 0.29) is 5.91 Å². The minimum atomic E-state index is -0.474. The number of thioether (sulfide) groups is 1. The van der Waals surface area contributed by atoms with Crippen LogP contribution < -0.4 is 11.1 Å². The molecule has 1 aromatic carbocycles. The number of nitrogens with one attached hydrogen (secondary N) is 1. The zero-order chi connectivity index (χ0) is 15.1. The van der Waals surface area contributed by atoms with E-state index in [4.69, 9.17) is 10.2 Å². The van der Waals surface area contributed by atoms with E-state index >= 15 is 0 Å². The van der Waals surface area contributed by atoms with Gasteiger partial charge in [0.25, 0.3) is 0 Å². The molecule has 0 aliphatic carbocycles. The number of aromatic nitrogens is 1. The lowest BCUT2D eigenvalue weighted by Gasteiger charge is -2.10. The number of benzene rings is 1. The second kappa shape index (κ2) is 7.85. The Hall–Kier alpha value is -1.79. The minimum absolute atomic E-state index is 0.159. The molecular formula is C15H19N3O2S. The molecule has 112 valence electrons. The molecule has 0 radical (unpaired) electrons. The number of hydrogen-bond acceptors (Lipinski definition) is 5. The van der Waals surface area contributed by atoms with E-state index in [1.165, 1.54) is 0 Å².